The minimum absolute atomic E-state index is 0.0206. The number of benzene rings is 2. The summed E-state index contributed by atoms with van der Waals surface area (Å²) in [6.07, 6.45) is 7.37. The Morgan fingerprint density at radius 3 is 2.63 bits per heavy atom. The summed E-state index contributed by atoms with van der Waals surface area (Å²) in [5.41, 5.74) is 1.96. The van der Waals surface area contributed by atoms with Gasteiger partial charge in [0, 0.05) is 43.8 Å². The van der Waals surface area contributed by atoms with Gasteiger partial charge in [-0.15, -0.1) is 0 Å². The van der Waals surface area contributed by atoms with Crippen molar-refractivity contribution in [3.63, 3.8) is 0 Å². The molecule has 2 atom stereocenters. The lowest BCUT2D eigenvalue weighted by molar-refractivity contribution is -0.151. The van der Waals surface area contributed by atoms with Gasteiger partial charge in [-0.1, -0.05) is 42.5 Å². The van der Waals surface area contributed by atoms with Crippen LogP contribution in [0.4, 0.5) is 5.69 Å². The highest BCUT2D eigenvalue weighted by Crippen LogP contribution is 2.23. The number of pyridine rings is 1. The van der Waals surface area contributed by atoms with E-state index in [1.165, 1.54) is 0 Å². The molecule has 43 heavy (non-hydrogen) atoms. The van der Waals surface area contributed by atoms with Crippen molar-refractivity contribution in [1.29, 1.82) is 0 Å². The number of anilines is 1. The third-order valence-corrected chi connectivity index (χ3v) is 8.16. The molecular weight excluding hydrogens is 562 g/mol. The van der Waals surface area contributed by atoms with E-state index in [-0.39, 0.29) is 37.0 Å². The standard InChI is InChI=1S/C33H43N5O4S/c1-24(2)42-33(41)30(15-19-43-3)36-31(39)23-37(21-26-10-6-9-25-8-4-5-12-29(25)26)22-28-11-7-18-38(28)32(40)20-35-27-13-16-34-17-14-27/h4-6,8-10,12-14,16-17,24,28,30H,7,11,15,18-23H2,1-3H3,(H,34,35)(H,36,39)/t28?,30-/m0/s1. The zero-order valence-electron chi connectivity index (χ0n) is 25.3. The second kappa shape index (κ2) is 16.3. The Morgan fingerprint density at radius 1 is 1.09 bits per heavy atom. The van der Waals surface area contributed by atoms with Crippen LogP contribution in [0.1, 0.15) is 38.7 Å². The Hall–Kier alpha value is -3.63. The van der Waals surface area contributed by atoms with Crippen molar-refractivity contribution < 1.29 is 19.1 Å². The number of rotatable bonds is 15. The first-order valence-corrected chi connectivity index (χ1v) is 16.3. The van der Waals surface area contributed by atoms with Crippen LogP contribution in [0, 0.1) is 0 Å². The smallest absolute Gasteiger partial charge is 0.328 e. The molecule has 2 amide bonds. The van der Waals surface area contributed by atoms with Gasteiger partial charge < -0.3 is 20.3 Å². The van der Waals surface area contributed by atoms with Gasteiger partial charge in [0.1, 0.15) is 6.04 Å². The largest absolute Gasteiger partial charge is 0.461 e. The molecule has 0 spiro atoms. The molecule has 2 aromatic carbocycles. The number of likely N-dealkylation sites (tertiary alicyclic amines) is 1. The summed E-state index contributed by atoms with van der Waals surface area (Å²) in [5, 5.41) is 8.41. The van der Waals surface area contributed by atoms with Crippen LogP contribution in [0.5, 0.6) is 0 Å². The third-order valence-electron chi connectivity index (χ3n) is 7.51. The lowest BCUT2D eigenvalue weighted by Crippen LogP contribution is -2.50. The summed E-state index contributed by atoms with van der Waals surface area (Å²) in [6, 6.07) is 17.4. The van der Waals surface area contributed by atoms with Crippen LogP contribution < -0.4 is 10.6 Å². The van der Waals surface area contributed by atoms with Gasteiger partial charge in [-0.2, -0.15) is 11.8 Å². The minimum Gasteiger partial charge on any atom is -0.461 e. The molecule has 230 valence electrons. The van der Waals surface area contributed by atoms with Gasteiger partial charge in [-0.3, -0.25) is 19.5 Å². The molecule has 1 fully saturated rings. The predicted octanol–water partition coefficient (Wildman–Crippen LogP) is 4.33. The molecule has 0 saturated carbocycles. The number of thioether (sulfide) groups is 1. The molecular formula is C33H43N5O4S. The molecule has 1 saturated heterocycles. The molecule has 9 nitrogen and oxygen atoms in total. The number of esters is 1. The number of nitrogens with zero attached hydrogens (tertiary/aromatic N) is 3. The lowest BCUT2D eigenvalue weighted by Gasteiger charge is -2.31. The molecule has 3 aromatic rings. The van der Waals surface area contributed by atoms with Gasteiger partial charge in [0.25, 0.3) is 0 Å². The third kappa shape index (κ3) is 9.69. The fraction of sp³-hybridized carbons (Fsp3) is 0.455. The van der Waals surface area contributed by atoms with Gasteiger partial charge in [-0.05, 0) is 73.6 Å². The number of aromatic nitrogens is 1. The zero-order valence-corrected chi connectivity index (χ0v) is 26.1. The van der Waals surface area contributed by atoms with Crippen LogP contribution in [0.25, 0.3) is 10.8 Å². The molecule has 4 rings (SSSR count). The fourth-order valence-electron chi connectivity index (χ4n) is 5.50. The summed E-state index contributed by atoms with van der Waals surface area (Å²) < 4.78 is 5.43. The number of carbonyl (C=O) groups is 3. The molecule has 1 aromatic heterocycles. The Bertz CT molecular complexity index is 1350. The maximum atomic E-state index is 13.5. The van der Waals surface area contributed by atoms with Crippen LogP contribution in [-0.4, -0.2) is 88.9 Å². The number of amides is 2. The highest BCUT2D eigenvalue weighted by atomic mass is 32.2. The molecule has 0 aliphatic carbocycles. The normalized spacial score (nSPS) is 15.6. The van der Waals surface area contributed by atoms with Crippen molar-refractivity contribution in [2.45, 2.75) is 57.8 Å². The van der Waals surface area contributed by atoms with Crippen LogP contribution in [0.2, 0.25) is 0 Å². The number of carbonyl (C=O) groups excluding carboxylic acids is 3. The number of ether oxygens (including phenoxy) is 1. The molecule has 10 heteroatoms. The van der Waals surface area contributed by atoms with Crippen molar-refractivity contribution >= 4 is 46.0 Å². The summed E-state index contributed by atoms with van der Waals surface area (Å²) in [4.78, 5) is 47.6. The first kappa shape index (κ1) is 32.3. The van der Waals surface area contributed by atoms with E-state index in [0.717, 1.165) is 40.6 Å². The monoisotopic (exact) mass is 605 g/mol. The predicted molar refractivity (Wildman–Crippen MR) is 173 cm³/mol. The van der Waals surface area contributed by atoms with E-state index in [2.05, 4.69) is 44.8 Å². The summed E-state index contributed by atoms with van der Waals surface area (Å²) >= 11 is 1.62. The molecule has 1 aliphatic rings. The van der Waals surface area contributed by atoms with Crippen molar-refractivity contribution in [3.05, 3.63) is 72.6 Å². The van der Waals surface area contributed by atoms with Gasteiger partial charge in [0.15, 0.2) is 0 Å². The van der Waals surface area contributed by atoms with Gasteiger partial charge in [0.2, 0.25) is 11.8 Å². The zero-order chi connectivity index (χ0) is 30.6. The van der Waals surface area contributed by atoms with E-state index in [9.17, 15) is 14.4 Å². The Kier molecular flexibility index (Phi) is 12.2. The van der Waals surface area contributed by atoms with Gasteiger partial charge >= 0.3 is 5.97 Å². The molecule has 1 aliphatic heterocycles. The van der Waals surface area contributed by atoms with E-state index in [1.807, 2.05) is 41.5 Å². The van der Waals surface area contributed by atoms with Crippen LogP contribution >= 0.6 is 11.8 Å². The quantitative estimate of drug-likeness (QED) is 0.247. The van der Waals surface area contributed by atoms with E-state index < -0.39 is 12.0 Å². The Labute approximate surface area is 258 Å². The van der Waals surface area contributed by atoms with Crippen molar-refractivity contribution in [2.24, 2.45) is 0 Å². The highest BCUT2D eigenvalue weighted by Gasteiger charge is 2.31. The van der Waals surface area contributed by atoms with E-state index >= 15 is 0 Å². The SMILES string of the molecule is CSCC[C@H](NC(=O)CN(Cc1cccc2ccccc12)CC1CCCN1C(=O)CNc1ccncc1)C(=O)OC(C)C. The highest BCUT2D eigenvalue weighted by molar-refractivity contribution is 7.98. The first-order chi connectivity index (χ1) is 20.8. The van der Waals surface area contributed by atoms with Gasteiger partial charge in [0.05, 0.1) is 19.2 Å². The van der Waals surface area contributed by atoms with Crippen molar-refractivity contribution in [3.8, 4) is 0 Å². The van der Waals surface area contributed by atoms with Crippen molar-refractivity contribution in [1.82, 2.24) is 20.1 Å². The fourth-order valence-corrected chi connectivity index (χ4v) is 5.97. The number of hydrogen-bond donors (Lipinski definition) is 2. The molecule has 2 N–H and O–H groups in total. The van der Waals surface area contributed by atoms with E-state index in [0.29, 0.717) is 26.1 Å². The summed E-state index contributed by atoms with van der Waals surface area (Å²) in [7, 11) is 0. The average Bonchev–Trinajstić information content (AvgIpc) is 3.46. The van der Waals surface area contributed by atoms with Crippen molar-refractivity contribution in [2.75, 3.05) is 43.5 Å². The maximum absolute atomic E-state index is 13.5. The van der Waals surface area contributed by atoms with E-state index in [1.54, 1.807) is 38.0 Å². The summed E-state index contributed by atoms with van der Waals surface area (Å²) in [6.45, 7) is 5.67. The van der Waals surface area contributed by atoms with Crippen LogP contribution in [0.3, 0.4) is 0 Å². The number of hydrogen-bond acceptors (Lipinski definition) is 8. The Balaban J connectivity index is 1.49. The van der Waals surface area contributed by atoms with Crippen LogP contribution in [0.15, 0.2) is 67.0 Å². The molecule has 0 radical (unpaired) electrons. The lowest BCUT2D eigenvalue weighted by atomic mass is 10.0. The second-order valence-corrected chi connectivity index (χ2v) is 12.2. The van der Waals surface area contributed by atoms with Gasteiger partial charge in [-0.25, -0.2) is 4.79 Å². The second-order valence-electron chi connectivity index (χ2n) is 11.2. The Morgan fingerprint density at radius 2 is 1.86 bits per heavy atom. The number of fused-ring (bicyclic) bond motifs is 1. The van der Waals surface area contributed by atoms with Crippen LogP contribution in [-0.2, 0) is 25.7 Å². The first-order valence-electron chi connectivity index (χ1n) is 14.9. The summed E-state index contributed by atoms with van der Waals surface area (Å²) in [5.74, 6) is 0.113. The average molecular weight is 606 g/mol. The maximum Gasteiger partial charge on any atom is 0.328 e. The minimum atomic E-state index is -0.703. The molecule has 1 unspecified atom stereocenters. The molecule has 0 bridgehead atoms. The topological polar surface area (TPSA) is 104 Å². The number of nitrogens with one attached hydrogen (secondary N) is 2. The molecule has 2 heterocycles. The van der Waals surface area contributed by atoms with E-state index in [4.69, 9.17) is 4.74 Å².